The first kappa shape index (κ1) is 38.8. The van der Waals surface area contributed by atoms with E-state index in [1.807, 2.05) is 18.1 Å². The zero-order valence-corrected chi connectivity index (χ0v) is 31.1. The van der Waals surface area contributed by atoms with E-state index in [4.69, 9.17) is 31.2 Å². The molecule has 0 bridgehead atoms. The Labute approximate surface area is 325 Å². The number of aliphatic carboxylic acids is 1. The van der Waals surface area contributed by atoms with Crippen molar-refractivity contribution in [2.75, 3.05) is 26.2 Å². The Morgan fingerprint density at radius 1 is 1.16 bits per heavy atom. The number of aromatic nitrogens is 3. The Morgan fingerprint density at radius 3 is 2.70 bits per heavy atom. The lowest BCUT2D eigenvalue weighted by Gasteiger charge is -2.29. The number of hydrogen-bond donors (Lipinski definition) is 2. The summed E-state index contributed by atoms with van der Waals surface area (Å²) in [6, 6.07) is 12.5. The van der Waals surface area contributed by atoms with Gasteiger partial charge in [-0.15, -0.1) is 0 Å². The van der Waals surface area contributed by atoms with Crippen molar-refractivity contribution in [3.63, 3.8) is 0 Å². The number of imidazole rings is 1. The molecule has 2 fully saturated rings. The zero-order chi connectivity index (χ0) is 39.6. The number of fused-ring (bicyclic) bond motifs is 1. The average Bonchev–Trinajstić information content (AvgIpc) is 3.66. The molecule has 4 aromatic rings. The maximum Gasteiger partial charge on any atom is 0.381 e. The SMILES string of the molecule is C[C@H](NC(=O)c1ccc2c(c1)nc(CN1CC=C(c3cccc(OCc4ccc(Cl)cc4F)n3)CC1)n2C[C@@H]1CCO1)C(=O)N1CC(F)(F)CC1C#CC(=O)O. The average molecular weight is 791 g/mol. The third kappa shape index (κ3) is 8.99. The monoisotopic (exact) mass is 790 g/mol. The highest BCUT2D eigenvalue weighted by Crippen LogP contribution is 2.32. The van der Waals surface area contributed by atoms with Gasteiger partial charge in [-0.2, -0.15) is 0 Å². The van der Waals surface area contributed by atoms with Gasteiger partial charge in [0.1, 0.15) is 24.3 Å². The van der Waals surface area contributed by atoms with Gasteiger partial charge in [0.15, 0.2) is 0 Å². The number of likely N-dealkylation sites (tertiary alicyclic amines) is 1. The van der Waals surface area contributed by atoms with Crippen molar-refractivity contribution in [3.05, 3.63) is 94.2 Å². The van der Waals surface area contributed by atoms with Gasteiger partial charge < -0.3 is 29.4 Å². The van der Waals surface area contributed by atoms with Crippen LogP contribution in [0.3, 0.4) is 0 Å². The Hall–Kier alpha value is -5.43. The predicted octanol–water partition coefficient (Wildman–Crippen LogP) is 5.32. The molecule has 0 spiro atoms. The molecule has 3 aliphatic heterocycles. The molecular formula is C40H38ClF3N6O6. The lowest BCUT2D eigenvalue weighted by Crippen LogP contribution is -2.48. The van der Waals surface area contributed by atoms with Gasteiger partial charge in [-0.25, -0.2) is 27.9 Å². The maximum atomic E-state index is 14.2. The van der Waals surface area contributed by atoms with Crippen molar-refractivity contribution in [2.45, 2.75) is 70.0 Å². The van der Waals surface area contributed by atoms with Crippen LogP contribution in [0, 0.1) is 17.7 Å². The smallest absolute Gasteiger partial charge is 0.381 e. The van der Waals surface area contributed by atoms with Gasteiger partial charge in [0.05, 0.1) is 48.5 Å². The lowest BCUT2D eigenvalue weighted by molar-refractivity contribution is -0.134. The number of carbonyl (C=O) groups is 3. The number of nitrogens with zero attached hydrogens (tertiary/aromatic N) is 5. The summed E-state index contributed by atoms with van der Waals surface area (Å²) < 4.78 is 56.3. The molecule has 56 heavy (non-hydrogen) atoms. The predicted molar refractivity (Wildman–Crippen MR) is 199 cm³/mol. The quantitative estimate of drug-likeness (QED) is 0.193. The molecule has 0 saturated carbocycles. The van der Waals surface area contributed by atoms with Gasteiger partial charge in [-0.05, 0) is 61.7 Å². The molecule has 2 N–H and O–H groups in total. The van der Waals surface area contributed by atoms with Crippen LogP contribution in [-0.2, 0) is 34.0 Å². The molecule has 0 aliphatic carbocycles. The molecule has 2 aromatic heterocycles. The highest BCUT2D eigenvalue weighted by atomic mass is 35.5. The van der Waals surface area contributed by atoms with Crippen LogP contribution in [0.15, 0.2) is 60.7 Å². The van der Waals surface area contributed by atoms with Crippen molar-refractivity contribution in [3.8, 4) is 17.7 Å². The fourth-order valence-corrected chi connectivity index (χ4v) is 7.10. The number of carboxylic acid groups (broad SMARTS) is 1. The number of carboxylic acids is 1. The molecule has 3 aliphatic rings. The number of nitrogens with one attached hydrogen (secondary N) is 1. The molecule has 0 radical (unpaired) electrons. The van der Waals surface area contributed by atoms with Crippen molar-refractivity contribution in [2.24, 2.45) is 0 Å². The molecule has 2 aromatic carbocycles. The fourth-order valence-electron chi connectivity index (χ4n) is 6.94. The molecule has 1 unspecified atom stereocenters. The first-order chi connectivity index (χ1) is 26.8. The molecule has 2 amide bonds. The topological polar surface area (TPSA) is 139 Å². The van der Waals surface area contributed by atoms with Crippen LogP contribution in [0.5, 0.6) is 5.88 Å². The molecule has 292 valence electrons. The molecule has 3 atom stereocenters. The normalized spacial score (nSPS) is 19.7. The van der Waals surface area contributed by atoms with Gasteiger partial charge in [-0.3, -0.25) is 14.5 Å². The number of carbonyl (C=O) groups excluding carboxylic acids is 2. The van der Waals surface area contributed by atoms with Crippen LogP contribution in [0.1, 0.15) is 53.6 Å². The summed E-state index contributed by atoms with van der Waals surface area (Å²) in [5.74, 6) is -1.35. The Balaban J connectivity index is 1.02. The molecule has 2 saturated heterocycles. The summed E-state index contributed by atoms with van der Waals surface area (Å²) in [6.45, 7) is 3.62. The van der Waals surface area contributed by atoms with Gasteiger partial charge in [0, 0.05) is 54.3 Å². The number of rotatable bonds is 11. The third-order valence-corrected chi connectivity index (χ3v) is 10.2. The van der Waals surface area contributed by atoms with Gasteiger partial charge in [-0.1, -0.05) is 35.7 Å². The van der Waals surface area contributed by atoms with E-state index in [9.17, 15) is 27.6 Å². The number of halogens is 4. The van der Waals surface area contributed by atoms with Gasteiger partial charge >= 0.3 is 5.97 Å². The minimum Gasteiger partial charge on any atom is -0.473 e. The molecule has 16 heteroatoms. The molecular weight excluding hydrogens is 753 g/mol. The van der Waals surface area contributed by atoms with Crippen LogP contribution in [0.2, 0.25) is 5.02 Å². The van der Waals surface area contributed by atoms with Crippen molar-refractivity contribution < 1.29 is 42.1 Å². The third-order valence-electron chi connectivity index (χ3n) is 9.99. The van der Waals surface area contributed by atoms with Crippen molar-refractivity contribution in [1.29, 1.82) is 0 Å². The molecule has 5 heterocycles. The number of ether oxygens (including phenoxy) is 2. The van der Waals surface area contributed by atoms with Gasteiger partial charge in [0.2, 0.25) is 11.8 Å². The number of alkyl halides is 2. The fraction of sp³-hybridized carbons (Fsp3) is 0.375. The van der Waals surface area contributed by atoms with E-state index in [-0.39, 0.29) is 18.3 Å². The minimum absolute atomic E-state index is 0.0145. The number of pyridine rings is 1. The summed E-state index contributed by atoms with van der Waals surface area (Å²) in [4.78, 5) is 50.0. The van der Waals surface area contributed by atoms with Crippen molar-refractivity contribution in [1.82, 2.24) is 29.7 Å². The summed E-state index contributed by atoms with van der Waals surface area (Å²) in [5.41, 5.74) is 3.82. The number of amides is 2. The second-order valence-electron chi connectivity index (χ2n) is 14.0. The largest absolute Gasteiger partial charge is 0.473 e. The van der Waals surface area contributed by atoms with Crippen LogP contribution in [0.4, 0.5) is 13.2 Å². The Bertz CT molecular complexity index is 2270. The molecule has 7 rings (SSSR count). The van der Waals surface area contributed by atoms with E-state index < -0.39 is 54.6 Å². The second-order valence-corrected chi connectivity index (χ2v) is 14.5. The zero-order valence-electron chi connectivity index (χ0n) is 30.3. The van der Waals surface area contributed by atoms with E-state index in [1.165, 1.54) is 13.0 Å². The minimum atomic E-state index is -3.24. The summed E-state index contributed by atoms with van der Waals surface area (Å²) in [7, 11) is 0. The molecule has 12 nitrogen and oxygen atoms in total. The Kier molecular flexibility index (Phi) is 11.3. The lowest BCUT2D eigenvalue weighted by atomic mass is 10.0. The summed E-state index contributed by atoms with van der Waals surface area (Å²) in [6.07, 6.45) is 2.99. The first-order valence-electron chi connectivity index (χ1n) is 18.1. The van der Waals surface area contributed by atoms with Crippen LogP contribution >= 0.6 is 11.6 Å². The highest BCUT2D eigenvalue weighted by molar-refractivity contribution is 6.30. The van der Waals surface area contributed by atoms with E-state index in [1.54, 1.807) is 36.4 Å². The number of benzene rings is 2. The maximum absolute atomic E-state index is 14.2. The number of hydrogen-bond acceptors (Lipinski definition) is 8. The summed E-state index contributed by atoms with van der Waals surface area (Å²) in [5, 5.41) is 11.8. The van der Waals surface area contributed by atoms with E-state index >= 15 is 0 Å². The van der Waals surface area contributed by atoms with Crippen molar-refractivity contribution >= 4 is 46.0 Å². The standard InChI is InChI=1S/C40H38ClF3N6O6/c1-24(39(54)50-23-40(43,44)19-29(50)8-10-37(51)52)45-38(53)26-6-9-34-33(17-26)46-35(49(34)20-30-13-16-55-30)21-48-14-11-25(12-15-48)32-3-2-4-36(47-32)56-22-27-5-7-28(41)18-31(27)42/h2-7,9,11,17-18,24,29-30H,12-16,19-23H2,1H3,(H,45,53)(H,51,52)/t24-,29?,30-/m0/s1. The van der Waals surface area contributed by atoms with E-state index in [0.29, 0.717) is 48.2 Å². The second kappa shape index (κ2) is 16.4. The van der Waals surface area contributed by atoms with E-state index in [2.05, 4.69) is 31.8 Å². The highest BCUT2D eigenvalue weighted by Gasteiger charge is 2.47. The van der Waals surface area contributed by atoms with Crippen LogP contribution in [0.25, 0.3) is 16.6 Å². The van der Waals surface area contributed by atoms with Crippen LogP contribution in [-0.4, -0.2) is 97.6 Å². The summed E-state index contributed by atoms with van der Waals surface area (Å²) >= 11 is 5.86. The van der Waals surface area contributed by atoms with E-state index in [0.717, 1.165) is 46.9 Å². The Morgan fingerprint density at radius 2 is 1.98 bits per heavy atom. The van der Waals surface area contributed by atoms with Crippen LogP contribution < -0.4 is 10.1 Å². The first-order valence-corrected chi connectivity index (χ1v) is 18.5. The van der Waals surface area contributed by atoms with Gasteiger partial charge in [0.25, 0.3) is 11.8 Å².